The van der Waals surface area contributed by atoms with Crippen molar-refractivity contribution in [2.45, 2.75) is 45.9 Å². The highest BCUT2D eigenvalue weighted by Crippen LogP contribution is 2.18. The standard InChI is InChI=1S/C13H23F3N2O3/c1-9(7-10(19)21-12(2,3)4)11(20)18(6)17(5)8-13(14,15)16/h9H,7-8H2,1-6H3/t9-/m0/s1. The van der Waals surface area contributed by atoms with Crippen LogP contribution < -0.4 is 0 Å². The molecule has 0 heterocycles. The van der Waals surface area contributed by atoms with Crippen molar-refractivity contribution in [1.29, 1.82) is 0 Å². The number of halogens is 3. The summed E-state index contributed by atoms with van der Waals surface area (Å²) in [5.41, 5.74) is -0.668. The number of amides is 1. The number of carbonyl (C=O) groups excluding carboxylic acids is 2. The van der Waals surface area contributed by atoms with Crippen LogP contribution in [0.5, 0.6) is 0 Å². The lowest BCUT2D eigenvalue weighted by Gasteiger charge is -2.31. The molecule has 0 radical (unpaired) electrons. The molecule has 0 spiro atoms. The lowest BCUT2D eigenvalue weighted by atomic mass is 10.1. The van der Waals surface area contributed by atoms with E-state index in [1.54, 1.807) is 20.8 Å². The third-order valence-electron chi connectivity index (χ3n) is 2.55. The second-order valence-corrected chi connectivity index (χ2v) is 5.98. The first-order chi connectivity index (χ1) is 9.23. The van der Waals surface area contributed by atoms with Crippen molar-refractivity contribution in [3.05, 3.63) is 0 Å². The average molecular weight is 312 g/mol. The largest absolute Gasteiger partial charge is 0.460 e. The molecule has 1 amide bonds. The first kappa shape index (κ1) is 19.7. The fraction of sp³-hybridized carbons (Fsp3) is 0.846. The second-order valence-electron chi connectivity index (χ2n) is 5.98. The zero-order valence-corrected chi connectivity index (χ0v) is 13.2. The molecule has 124 valence electrons. The highest BCUT2D eigenvalue weighted by molar-refractivity contribution is 5.83. The van der Waals surface area contributed by atoms with Crippen LogP contribution in [0.4, 0.5) is 13.2 Å². The minimum Gasteiger partial charge on any atom is -0.460 e. The van der Waals surface area contributed by atoms with Crippen molar-refractivity contribution in [2.75, 3.05) is 20.6 Å². The smallest absolute Gasteiger partial charge is 0.403 e. The number of ether oxygens (including phenoxy) is 1. The molecule has 0 fully saturated rings. The second kappa shape index (κ2) is 7.11. The molecular formula is C13H23F3N2O3. The van der Waals surface area contributed by atoms with Gasteiger partial charge in [0.25, 0.3) is 0 Å². The quantitative estimate of drug-likeness (QED) is 0.577. The summed E-state index contributed by atoms with van der Waals surface area (Å²) in [6, 6.07) is 0. The first-order valence-corrected chi connectivity index (χ1v) is 6.50. The van der Waals surface area contributed by atoms with Gasteiger partial charge >= 0.3 is 12.1 Å². The topological polar surface area (TPSA) is 49.9 Å². The Labute approximate surface area is 123 Å². The maximum atomic E-state index is 12.3. The molecule has 0 bridgehead atoms. The van der Waals surface area contributed by atoms with Gasteiger partial charge in [0, 0.05) is 20.0 Å². The van der Waals surface area contributed by atoms with Gasteiger partial charge in [0.15, 0.2) is 0 Å². The minimum absolute atomic E-state index is 0.180. The van der Waals surface area contributed by atoms with E-state index >= 15 is 0 Å². The molecule has 0 unspecified atom stereocenters. The van der Waals surface area contributed by atoms with E-state index in [1.165, 1.54) is 14.0 Å². The van der Waals surface area contributed by atoms with Crippen molar-refractivity contribution in [1.82, 2.24) is 10.0 Å². The Bertz CT molecular complexity index is 378. The van der Waals surface area contributed by atoms with E-state index in [0.29, 0.717) is 0 Å². The van der Waals surface area contributed by atoms with Crippen LogP contribution in [0.2, 0.25) is 0 Å². The van der Waals surface area contributed by atoms with Crippen molar-refractivity contribution in [2.24, 2.45) is 5.92 Å². The summed E-state index contributed by atoms with van der Waals surface area (Å²) >= 11 is 0. The highest BCUT2D eigenvalue weighted by atomic mass is 19.4. The van der Waals surface area contributed by atoms with Crippen molar-refractivity contribution >= 4 is 11.9 Å². The van der Waals surface area contributed by atoms with Crippen molar-refractivity contribution in [3.63, 3.8) is 0 Å². The lowest BCUT2D eigenvalue weighted by molar-refractivity contribution is -0.182. The fourth-order valence-corrected chi connectivity index (χ4v) is 1.57. The van der Waals surface area contributed by atoms with E-state index in [4.69, 9.17) is 4.74 Å². The molecule has 0 N–H and O–H groups in total. The predicted octanol–water partition coefficient (Wildman–Crippen LogP) is 2.22. The van der Waals surface area contributed by atoms with Crippen LogP contribution in [0.1, 0.15) is 34.1 Å². The number of esters is 1. The summed E-state index contributed by atoms with van der Waals surface area (Å²) in [5.74, 6) is -1.90. The number of carbonyl (C=O) groups is 2. The minimum atomic E-state index is -4.41. The molecule has 0 aliphatic rings. The summed E-state index contributed by atoms with van der Waals surface area (Å²) in [6.07, 6.45) is -4.59. The molecule has 0 aromatic carbocycles. The molecule has 0 rings (SSSR count). The number of nitrogens with zero attached hydrogens (tertiary/aromatic N) is 2. The Kier molecular flexibility index (Phi) is 6.66. The van der Waals surface area contributed by atoms with Crippen molar-refractivity contribution in [3.8, 4) is 0 Å². The Hall–Kier alpha value is -1.31. The average Bonchev–Trinajstić information content (AvgIpc) is 2.21. The van der Waals surface area contributed by atoms with Gasteiger partial charge in [0.2, 0.25) is 5.91 Å². The van der Waals surface area contributed by atoms with E-state index < -0.39 is 36.1 Å². The molecular weight excluding hydrogens is 289 g/mol. The monoisotopic (exact) mass is 312 g/mol. The maximum Gasteiger partial charge on any atom is 0.403 e. The highest BCUT2D eigenvalue weighted by Gasteiger charge is 2.33. The van der Waals surface area contributed by atoms with Gasteiger partial charge in [0.1, 0.15) is 12.1 Å². The number of hydrogen-bond donors (Lipinski definition) is 0. The molecule has 1 atom stereocenters. The van der Waals surface area contributed by atoms with Gasteiger partial charge in [-0.1, -0.05) is 6.92 Å². The summed E-state index contributed by atoms with van der Waals surface area (Å²) in [7, 11) is 2.39. The van der Waals surface area contributed by atoms with E-state index in [-0.39, 0.29) is 6.42 Å². The Morgan fingerprint density at radius 3 is 2.00 bits per heavy atom. The molecule has 0 saturated heterocycles. The summed E-state index contributed by atoms with van der Waals surface area (Å²) < 4.78 is 41.9. The summed E-state index contributed by atoms with van der Waals surface area (Å²) in [5, 5.41) is 1.62. The van der Waals surface area contributed by atoms with E-state index in [1.807, 2.05) is 0 Å². The molecule has 0 saturated carbocycles. The molecule has 21 heavy (non-hydrogen) atoms. The van der Waals surface area contributed by atoms with Gasteiger partial charge in [-0.3, -0.25) is 14.6 Å². The van der Waals surface area contributed by atoms with Crippen LogP contribution in [0.15, 0.2) is 0 Å². The normalized spacial score (nSPS) is 14.0. The Balaban J connectivity index is 4.53. The van der Waals surface area contributed by atoms with Crippen LogP contribution in [-0.2, 0) is 14.3 Å². The van der Waals surface area contributed by atoms with E-state index in [9.17, 15) is 22.8 Å². The number of hydrazine groups is 1. The van der Waals surface area contributed by atoms with Gasteiger partial charge in [0.05, 0.1) is 6.42 Å². The van der Waals surface area contributed by atoms with Crippen LogP contribution in [0.25, 0.3) is 0 Å². The molecule has 5 nitrogen and oxygen atoms in total. The lowest BCUT2D eigenvalue weighted by Crippen LogP contribution is -2.47. The predicted molar refractivity (Wildman–Crippen MR) is 71.1 cm³/mol. The third kappa shape index (κ3) is 8.54. The summed E-state index contributed by atoms with van der Waals surface area (Å²) in [4.78, 5) is 23.6. The SMILES string of the molecule is C[C@@H](CC(=O)OC(C)(C)C)C(=O)N(C)N(C)CC(F)(F)F. The number of rotatable bonds is 5. The zero-order valence-electron chi connectivity index (χ0n) is 13.2. The van der Waals surface area contributed by atoms with Gasteiger partial charge < -0.3 is 4.74 Å². The van der Waals surface area contributed by atoms with E-state index in [0.717, 1.165) is 17.1 Å². The van der Waals surface area contributed by atoms with Crippen LogP contribution in [-0.4, -0.2) is 54.3 Å². The van der Waals surface area contributed by atoms with Gasteiger partial charge in [-0.15, -0.1) is 0 Å². The molecule has 0 aliphatic carbocycles. The van der Waals surface area contributed by atoms with Gasteiger partial charge in [-0.05, 0) is 20.8 Å². The zero-order chi connectivity index (χ0) is 17.0. The first-order valence-electron chi connectivity index (χ1n) is 6.50. The van der Waals surface area contributed by atoms with Crippen LogP contribution in [0.3, 0.4) is 0 Å². The van der Waals surface area contributed by atoms with E-state index in [2.05, 4.69) is 0 Å². The Morgan fingerprint density at radius 1 is 1.14 bits per heavy atom. The molecule has 0 aromatic rings. The number of hydrogen-bond acceptors (Lipinski definition) is 4. The van der Waals surface area contributed by atoms with Gasteiger partial charge in [-0.2, -0.15) is 13.2 Å². The maximum absolute atomic E-state index is 12.3. The Morgan fingerprint density at radius 2 is 1.62 bits per heavy atom. The van der Waals surface area contributed by atoms with Crippen molar-refractivity contribution < 1.29 is 27.5 Å². The molecule has 0 aliphatic heterocycles. The third-order valence-corrected chi connectivity index (χ3v) is 2.55. The summed E-state index contributed by atoms with van der Waals surface area (Å²) in [6.45, 7) is 5.32. The molecule has 0 aromatic heterocycles. The van der Waals surface area contributed by atoms with Crippen LogP contribution in [0, 0.1) is 5.92 Å². The van der Waals surface area contributed by atoms with Gasteiger partial charge in [-0.25, -0.2) is 5.01 Å². The fourth-order valence-electron chi connectivity index (χ4n) is 1.57. The number of alkyl halides is 3. The van der Waals surface area contributed by atoms with Crippen LogP contribution >= 0.6 is 0 Å². The molecule has 8 heteroatoms.